The molecule has 1 aromatic carbocycles. The van der Waals surface area contributed by atoms with Crippen molar-refractivity contribution in [2.45, 2.75) is 11.8 Å². The van der Waals surface area contributed by atoms with E-state index in [-0.39, 0.29) is 16.4 Å². The van der Waals surface area contributed by atoms with E-state index >= 15 is 0 Å². The topological polar surface area (TPSA) is 139 Å². The third-order valence-electron chi connectivity index (χ3n) is 4.40. The fraction of sp³-hybridized carbons (Fsp3) is 0.0455. The lowest BCUT2D eigenvalue weighted by Crippen LogP contribution is -2.11. The van der Waals surface area contributed by atoms with Crippen LogP contribution in [0.25, 0.3) is 33.5 Å². The van der Waals surface area contributed by atoms with Crippen molar-refractivity contribution in [2.24, 2.45) is 5.14 Å². The van der Waals surface area contributed by atoms with Crippen molar-refractivity contribution >= 4 is 55.3 Å². The number of amides is 1. The van der Waals surface area contributed by atoms with Crippen molar-refractivity contribution in [1.29, 1.82) is 5.26 Å². The van der Waals surface area contributed by atoms with E-state index in [1.165, 1.54) is 41.7 Å². The predicted octanol–water partition coefficient (Wildman–Crippen LogP) is 4.80. The number of carbonyl (C=O) groups is 1. The van der Waals surface area contributed by atoms with E-state index in [0.29, 0.717) is 32.8 Å². The first-order valence-electron chi connectivity index (χ1n) is 9.42. The number of nitrogens with one attached hydrogen (secondary N) is 1. The molecule has 0 saturated carbocycles. The van der Waals surface area contributed by atoms with Crippen LogP contribution in [0, 0.1) is 11.3 Å². The zero-order valence-corrected chi connectivity index (χ0v) is 19.6. The molecule has 4 aromatic rings. The number of thiazole rings is 1. The molecule has 3 heterocycles. The number of primary sulfonamides is 1. The number of benzene rings is 1. The highest BCUT2D eigenvalue weighted by Crippen LogP contribution is 2.38. The fourth-order valence-corrected chi connectivity index (χ4v) is 5.23. The molecule has 3 aromatic heterocycles. The fourth-order valence-electron chi connectivity index (χ4n) is 2.94. The van der Waals surface area contributed by atoms with Crippen molar-refractivity contribution in [2.75, 3.05) is 5.32 Å². The Balaban J connectivity index is 1.66. The molecule has 11 heteroatoms. The number of allylic oxidation sites excluding steroid dienone is 1. The zero-order valence-electron chi connectivity index (χ0n) is 17.1. The van der Waals surface area contributed by atoms with E-state index < -0.39 is 10.0 Å². The molecule has 0 bridgehead atoms. The normalized spacial score (nSPS) is 11.8. The lowest BCUT2D eigenvalue weighted by Gasteiger charge is -2.00. The van der Waals surface area contributed by atoms with Gasteiger partial charge in [-0.1, -0.05) is 17.4 Å². The standard InChI is InChI=1S/C22H16N4O4S3/c1-13(27)25-22-20(19-3-2-10-31-19)26-21(32-22)15(12-23)11-16-6-9-18(30-16)14-4-7-17(8-5-14)33(24,28)29/h2-11H,1H3,(H,25,27)(H2,24,28,29)/b15-11+. The molecule has 0 unspecified atom stereocenters. The highest BCUT2D eigenvalue weighted by molar-refractivity contribution is 7.89. The third-order valence-corrected chi connectivity index (χ3v) is 7.21. The van der Waals surface area contributed by atoms with Crippen LogP contribution in [0.1, 0.15) is 17.7 Å². The van der Waals surface area contributed by atoms with Gasteiger partial charge in [-0.05, 0) is 47.8 Å². The van der Waals surface area contributed by atoms with Crippen molar-refractivity contribution in [3.63, 3.8) is 0 Å². The van der Waals surface area contributed by atoms with Crippen LogP contribution >= 0.6 is 22.7 Å². The summed E-state index contributed by atoms with van der Waals surface area (Å²) in [5.41, 5.74) is 1.54. The Bertz CT molecular complexity index is 1490. The molecule has 8 nitrogen and oxygen atoms in total. The number of carbonyl (C=O) groups excluding carboxylic acids is 1. The Labute approximate surface area is 197 Å². The van der Waals surface area contributed by atoms with Gasteiger partial charge in [0.15, 0.2) is 0 Å². The van der Waals surface area contributed by atoms with Crippen LogP contribution in [0.2, 0.25) is 0 Å². The van der Waals surface area contributed by atoms with E-state index in [2.05, 4.69) is 16.4 Å². The minimum absolute atomic E-state index is 0.00461. The van der Waals surface area contributed by atoms with Gasteiger partial charge in [-0.3, -0.25) is 4.79 Å². The highest BCUT2D eigenvalue weighted by atomic mass is 32.2. The van der Waals surface area contributed by atoms with Gasteiger partial charge >= 0.3 is 0 Å². The number of aromatic nitrogens is 1. The number of sulfonamides is 1. The molecule has 3 N–H and O–H groups in total. The first-order chi connectivity index (χ1) is 15.7. The quantitative estimate of drug-likeness (QED) is 0.368. The predicted molar refractivity (Wildman–Crippen MR) is 129 cm³/mol. The smallest absolute Gasteiger partial charge is 0.238 e. The lowest BCUT2D eigenvalue weighted by molar-refractivity contribution is -0.114. The second-order valence-corrected chi connectivity index (χ2v) is 10.3. The summed E-state index contributed by atoms with van der Waals surface area (Å²) < 4.78 is 28.7. The summed E-state index contributed by atoms with van der Waals surface area (Å²) in [5.74, 6) is 0.692. The number of nitrogens with zero attached hydrogens (tertiary/aromatic N) is 2. The van der Waals surface area contributed by atoms with E-state index in [9.17, 15) is 18.5 Å². The van der Waals surface area contributed by atoms with Crippen LogP contribution in [0.4, 0.5) is 5.00 Å². The SMILES string of the molecule is CC(=O)Nc1sc(/C(C#N)=C/c2ccc(-c3ccc(S(N)(=O)=O)cc3)o2)nc1-c1cccs1. The van der Waals surface area contributed by atoms with Crippen LogP contribution < -0.4 is 10.5 Å². The number of hydrogen-bond donors (Lipinski definition) is 2. The summed E-state index contributed by atoms with van der Waals surface area (Å²) in [5, 5.41) is 20.6. The Hall–Kier alpha value is -3.56. The molecule has 0 aliphatic rings. The maximum absolute atomic E-state index is 11.6. The average molecular weight is 497 g/mol. The van der Waals surface area contributed by atoms with Gasteiger partial charge in [0.2, 0.25) is 15.9 Å². The number of anilines is 1. The van der Waals surface area contributed by atoms with Crippen LogP contribution in [0.5, 0.6) is 0 Å². The first-order valence-corrected chi connectivity index (χ1v) is 12.7. The molecule has 33 heavy (non-hydrogen) atoms. The molecule has 0 radical (unpaired) electrons. The average Bonchev–Trinajstić information content (AvgIpc) is 3.52. The van der Waals surface area contributed by atoms with E-state index in [1.807, 2.05) is 17.5 Å². The van der Waals surface area contributed by atoms with Gasteiger partial charge in [0.05, 0.1) is 15.3 Å². The van der Waals surface area contributed by atoms with Gasteiger partial charge in [-0.15, -0.1) is 11.3 Å². The number of nitrogens with two attached hydrogens (primary N) is 1. The van der Waals surface area contributed by atoms with E-state index in [0.717, 1.165) is 4.88 Å². The minimum Gasteiger partial charge on any atom is -0.457 e. The van der Waals surface area contributed by atoms with Crippen molar-refractivity contribution < 1.29 is 17.6 Å². The van der Waals surface area contributed by atoms with Crippen molar-refractivity contribution in [3.05, 3.63) is 64.7 Å². The molecular weight excluding hydrogens is 480 g/mol. The Morgan fingerprint density at radius 2 is 1.97 bits per heavy atom. The number of thiophene rings is 1. The van der Waals surface area contributed by atoms with Crippen LogP contribution in [0.15, 0.2) is 63.2 Å². The largest absolute Gasteiger partial charge is 0.457 e. The first kappa shape index (κ1) is 22.6. The Morgan fingerprint density at radius 3 is 2.58 bits per heavy atom. The molecule has 166 valence electrons. The molecule has 0 fully saturated rings. The maximum atomic E-state index is 11.6. The van der Waals surface area contributed by atoms with Gasteiger partial charge in [-0.2, -0.15) is 5.26 Å². The second-order valence-electron chi connectivity index (χ2n) is 6.80. The number of hydrogen-bond acceptors (Lipinski definition) is 8. The number of rotatable bonds is 6. The molecule has 1 amide bonds. The molecule has 0 aliphatic carbocycles. The highest BCUT2D eigenvalue weighted by Gasteiger charge is 2.18. The molecular formula is C22H16N4O4S3. The molecule has 0 aliphatic heterocycles. The molecule has 0 spiro atoms. The van der Waals surface area contributed by atoms with Crippen LogP contribution in [0.3, 0.4) is 0 Å². The molecule has 4 rings (SSSR count). The summed E-state index contributed by atoms with van der Waals surface area (Å²) in [6, 6.07) is 15.3. The summed E-state index contributed by atoms with van der Waals surface area (Å²) in [4.78, 5) is 17.1. The molecule has 0 saturated heterocycles. The van der Waals surface area contributed by atoms with Crippen LogP contribution in [-0.4, -0.2) is 19.3 Å². The summed E-state index contributed by atoms with van der Waals surface area (Å²) in [6.45, 7) is 1.42. The van der Waals surface area contributed by atoms with Gasteiger partial charge in [0, 0.05) is 18.6 Å². The summed E-state index contributed by atoms with van der Waals surface area (Å²) in [7, 11) is -3.78. The maximum Gasteiger partial charge on any atom is 0.238 e. The van der Waals surface area contributed by atoms with Gasteiger partial charge < -0.3 is 9.73 Å². The van der Waals surface area contributed by atoms with Crippen LogP contribution in [-0.2, 0) is 14.8 Å². The number of nitriles is 1. The van der Waals surface area contributed by atoms with Gasteiger partial charge in [-0.25, -0.2) is 18.5 Å². The molecule has 0 atom stereocenters. The summed E-state index contributed by atoms with van der Waals surface area (Å²) in [6.07, 6.45) is 1.57. The van der Waals surface area contributed by atoms with Gasteiger partial charge in [0.1, 0.15) is 33.3 Å². The second kappa shape index (κ2) is 9.13. The lowest BCUT2D eigenvalue weighted by atomic mass is 10.2. The minimum atomic E-state index is -3.78. The zero-order chi connectivity index (χ0) is 23.6. The van der Waals surface area contributed by atoms with Gasteiger partial charge in [0.25, 0.3) is 0 Å². The van der Waals surface area contributed by atoms with Crippen molar-refractivity contribution in [1.82, 2.24) is 4.98 Å². The third kappa shape index (κ3) is 5.10. The Morgan fingerprint density at radius 1 is 1.21 bits per heavy atom. The van der Waals surface area contributed by atoms with E-state index in [4.69, 9.17) is 9.56 Å². The summed E-state index contributed by atoms with van der Waals surface area (Å²) >= 11 is 2.69. The number of furan rings is 1. The van der Waals surface area contributed by atoms with Crippen molar-refractivity contribution in [3.8, 4) is 28.0 Å². The monoisotopic (exact) mass is 496 g/mol. The van der Waals surface area contributed by atoms with E-state index in [1.54, 1.807) is 30.3 Å². The Kier molecular flexibility index (Phi) is 6.26.